The van der Waals surface area contributed by atoms with Crippen LogP contribution >= 0.6 is 0 Å². The fraction of sp³-hybridized carbons (Fsp3) is 0.643. The molecule has 2 rings (SSSR count). The molecular weight excluding hydrogens is 210 g/mol. The Morgan fingerprint density at radius 3 is 3.12 bits per heavy atom. The molecule has 1 aliphatic heterocycles. The maximum atomic E-state index is 4.20. The average Bonchev–Trinajstić information content (AvgIpc) is 2.53. The first-order chi connectivity index (χ1) is 8.29. The van der Waals surface area contributed by atoms with Gasteiger partial charge in [0.2, 0.25) is 0 Å². The molecule has 1 aliphatic rings. The van der Waals surface area contributed by atoms with Gasteiger partial charge in [-0.15, -0.1) is 0 Å². The maximum absolute atomic E-state index is 4.20. The van der Waals surface area contributed by atoms with E-state index in [1.165, 1.54) is 18.4 Å². The van der Waals surface area contributed by atoms with Crippen LogP contribution in [0.25, 0.3) is 0 Å². The van der Waals surface area contributed by atoms with Gasteiger partial charge in [-0.1, -0.05) is 13.0 Å². The molecule has 17 heavy (non-hydrogen) atoms. The van der Waals surface area contributed by atoms with E-state index in [4.69, 9.17) is 0 Å². The van der Waals surface area contributed by atoms with Gasteiger partial charge < -0.3 is 5.32 Å². The highest BCUT2D eigenvalue weighted by molar-refractivity contribution is 5.08. The lowest BCUT2D eigenvalue weighted by Gasteiger charge is -2.28. The lowest BCUT2D eigenvalue weighted by Crippen LogP contribution is -2.39. The van der Waals surface area contributed by atoms with E-state index in [0.29, 0.717) is 12.1 Å². The number of nitrogens with zero attached hydrogens (tertiary/aromatic N) is 2. The zero-order valence-electron chi connectivity index (χ0n) is 10.9. The van der Waals surface area contributed by atoms with Gasteiger partial charge in [0.25, 0.3) is 0 Å². The summed E-state index contributed by atoms with van der Waals surface area (Å²) in [7, 11) is 0. The normalized spacial score (nSPS) is 26.7. The van der Waals surface area contributed by atoms with E-state index >= 15 is 0 Å². The van der Waals surface area contributed by atoms with E-state index in [-0.39, 0.29) is 0 Å². The van der Waals surface area contributed by atoms with E-state index in [0.717, 1.165) is 19.6 Å². The first-order valence-corrected chi connectivity index (χ1v) is 6.66. The standard InChI is InChI=1S/C14H23N3/c1-3-14-11-17(12(2)6-8-16-14)10-13-5-4-7-15-9-13/h4-5,7,9,12,14,16H,3,6,8,10-11H2,1-2H3. The Hall–Kier alpha value is -0.930. The van der Waals surface area contributed by atoms with Crippen molar-refractivity contribution in [1.29, 1.82) is 0 Å². The van der Waals surface area contributed by atoms with Gasteiger partial charge in [-0.25, -0.2) is 0 Å². The smallest absolute Gasteiger partial charge is 0.0312 e. The second-order valence-corrected chi connectivity index (χ2v) is 4.99. The van der Waals surface area contributed by atoms with E-state index in [2.05, 4.69) is 35.1 Å². The summed E-state index contributed by atoms with van der Waals surface area (Å²) in [5, 5.41) is 3.62. The van der Waals surface area contributed by atoms with Gasteiger partial charge in [0, 0.05) is 37.6 Å². The molecule has 3 nitrogen and oxygen atoms in total. The van der Waals surface area contributed by atoms with Crippen LogP contribution in [0.3, 0.4) is 0 Å². The molecule has 0 aliphatic carbocycles. The lowest BCUT2D eigenvalue weighted by atomic mass is 10.1. The fourth-order valence-electron chi connectivity index (χ4n) is 2.43. The van der Waals surface area contributed by atoms with Crippen LogP contribution in [0.15, 0.2) is 24.5 Å². The third-order valence-electron chi connectivity index (χ3n) is 3.67. The second kappa shape index (κ2) is 6.12. The summed E-state index contributed by atoms with van der Waals surface area (Å²) in [6.45, 7) is 7.90. The van der Waals surface area contributed by atoms with Crippen LogP contribution < -0.4 is 5.32 Å². The number of hydrogen-bond acceptors (Lipinski definition) is 3. The van der Waals surface area contributed by atoms with E-state index in [1.54, 1.807) is 0 Å². The minimum Gasteiger partial charge on any atom is -0.313 e. The minimum absolute atomic E-state index is 0.636. The van der Waals surface area contributed by atoms with Crippen molar-refractivity contribution in [2.24, 2.45) is 0 Å². The van der Waals surface area contributed by atoms with Crippen LogP contribution in [0.1, 0.15) is 32.3 Å². The molecule has 2 unspecified atom stereocenters. The third-order valence-corrected chi connectivity index (χ3v) is 3.67. The fourth-order valence-corrected chi connectivity index (χ4v) is 2.43. The molecule has 0 aromatic carbocycles. The Kier molecular flexibility index (Phi) is 4.51. The van der Waals surface area contributed by atoms with E-state index in [1.807, 2.05) is 18.5 Å². The molecule has 1 aromatic rings. The summed E-state index contributed by atoms with van der Waals surface area (Å²) in [5.41, 5.74) is 1.32. The van der Waals surface area contributed by atoms with Crippen molar-refractivity contribution in [2.75, 3.05) is 13.1 Å². The van der Waals surface area contributed by atoms with Crippen molar-refractivity contribution >= 4 is 0 Å². The second-order valence-electron chi connectivity index (χ2n) is 4.99. The zero-order valence-corrected chi connectivity index (χ0v) is 10.9. The van der Waals surface area contributed by atoms with Crippen LogP contribution in [-0.2, 0) is 6.54 Å². The average molecular weight is 233 g/mol. The molecule has 1 fully saturated rings. The predicted octanol–water partition coefficient (Wildman–Crippen LogP) is 2.04. The number of nitrogens with one attached hydrogen (secondary N) is 1. The molecule has 0 radical (unpaired) electrons. The van der Waals surface area contributed by atoms with Gasteiger partial charge in [0.1, 0.15) is 0 Å². The number of hydrogen-bond donors (Lipinski definition) is 1. The highest BCUT2D eigenvalue weighted by atomic mass is 15.2. The summed E-state index contributed by atoms with van der Waals surface area (Å²) in [5.74, 6) is 0. The van der Waals surface area contributed by atoms with Crippen molar-refractivity contribution in [3.05, 3.63) is 30.1 Å². The van der Waals surface area contributed by atoms with Gasteiger partial charge in [0.05, 0.1) is 0 Å². The van der Waals surface area contributed by atoms with Crippen molar-refractivity contribution in [3.8, 4) is 0 Å². The number of aromatic nitrogens is 1. The topological polar surface area (TPSA) is 28.2 Å². The van der Waals surface area contributed by atoms with Gasteiger partial charge in [-0.3, -0.25) is 9.88 Å². The molecule has 3 heteroatoms. The Morgan fingerprint density at radius 2 is 2.41 bits per heavy atom. The van der Waals surface area contributed by atoms with E-state index < -0.39 is 0 Å². The van der Waals surface area contributed by atoms with Gasteiger partial charge in [-0.2, -0.15) is 0 Å². The van der Waals surface area contributed by atoms with Crippen LogP contribution in [0, 0.1) is 0 Å². The molecule has 0 bridgehead atoms. The molecule has 0 spiro atoms. The van der Waals surface area contributed by atoms with Crippen molar-refractivity contribution in [3.63, 3.8) is 0 Å². The molecule has 1 aromatic heterocycles. The third kappa shape index (κ3) is 3.51. The summed E-state index contributed by atoms with van der Waals surface area (Å²) in [4.78, 5) is 6.77. The summed E-state index contributed by atoms with van der Waals surface area (Å²) < 4.78 is 0. The highest BCUT2D eigenvalue weighted by Gasteiger charge is 2.21. The van der Waals surface area contributed by atoms with Crippen LogP contribution in [0.4, 0.5) is 0 Å². The highest BCUT2D eigenvalue weighted by Crippen LogP contribution is 2.14. The number of pyridine rings is 1. The monoisotopic (exact) mass is 233 g/mol. The Bertz CT molecular complexity index is 325. The molecular formula is C14H23N3. The predicted molar refractivity (Wildman–Crippen MR) is 70.8 cm³/mol. The summed E-state index contributed by atoms with van der Waals surface area (Å²) in [6, 6.07) is 5.47. The lowest BCUT2D eigenvalue weighted by molar-refractivity contribution is 0.194. The SMILES string of the molecule is CCC1CN(Cc2cccnc2)C(C)CCN1. The maximum Gasteiger partial charge on any atom is 0.0312 e. The molecule has 1 saturated heterocycles. The van der Waals surface area contributed by atoms with Gasteiger partial charge in [0.15, 0.2) is 0 Å². The van der Waals surface area contributed by atoms with Crippen molar-refractivity contribution < 1.29 is 0 Å². The molecule has 94 valence electrons. The molecule has 2 atom stereocenters. The van der Waals surface area contributed by atoms with Crippen LogP contribution in [-0.4, -0.2) is 35.1 Å². The van der Waals surface area contributed by atoms with Crippen molar-refractivity contribution in [2.45, 2.75) is 45.3 Å². The van der Waals surface area contributed by atoms with Crippen LogP contribution in [0.5, 0.6) is 0 Å². The van der Waals surface area contributed by atoms with E-state index in [9.17, 15) is 0 Å². The Balaban J connectivity index is 2.01. The summed E-state index contributed by atoms with van der Waals surface area (Å²) in [6.07, 6.45) is 6.25. The first-order valence-electron chi connectivity index (χ1n) is 6.66. The quantitative estimate of drug-likeness (QED) is 0.866. The van der Waals surface area contributed by atoms with Gasteiger partial charge in [-0.05, 0) is 37.9 Å². The molecule has 0 amide bonds. The Labute approximate surface area is 104 Å². The molecule has 2 heterocycles. The van der Waals surface area contributed by atoms with Gasteiger partial charge >= 0.3 is 0 Å². The minimum atomic E-state index is 0.636. The zero-order chi connectivity index (χ0) is 12.1. The Morgan fingerprint density at radius 1 is 1.53 bits per heavy atom. The molecule has 0 saturated carbocycles. The van der Waals surface area contributed by atoms with Crippen LogP contribution in [0.2, 0.25) is 0 Å². The summed E-state index contributed by atoms with van der Waals surface area (Å²) >= 11 is 0. The number of rotatable bonds is 3. The van der Waals surface area contributed by atoms with Crippen molar-refractivity contribution in [1.82, 2.24) is 15.2 Å². The molecule has 1 N–H and O–H groups in total. The first kappa shape index (κ1) is 12.5. The largest absolute Gasteiger partial charge is 0.313 e.